The summed E-state index contributed by atoms with van der Waals surface area (Å²) in [5, 5.41) is 12.0. The van der Waals surface area contributed by atoms with Crippen LogP contribution in [0.25, 0.3) is 11.5 Å². The number of nitrogens with one attached hydrogen (secondary N) is 1. The van der Waals surface area contributed by atoms with Crippen LogP contribution in [-0.4, -0.2) is 41.7 Å². The minimum atomic E-state index is -0.995. The monoisotopic (exact) mass is 458 g/mol. The normalized spacial score (nSPS) is 19.3. The smallest absolute Gasteiger partial charge is 0.326 e. The zero-order valence-corrected chi connectivity index (χ0v) is 19.8. The second kappa shape index (κ2) is 11.3. The number of nitrogens with zero attached hydrogens (tertiary/aromatic N) is 1. The van der Waals surface area contributed by atoms with Crippen molar-refractivity contribution in [3.05, 3.63) is 35.7 Å². The third-order valence-electron chi connectivity index (χ3n) is 6.19. The number of carboxylic acid groups (broad SMARTS) is 1. The number of carboxylic acids is 1. The molecule has 1 aromatic heterocycles. The number of carbonyl (C=O) groups excluding carboxylic acids is 1. The summed E-state index contributed by atoms with van der Waals surface area (Å²) >= 11 is 0. The van der Waals surface area contributed by atoms with Crippen molar-refractivity contribution < 1.29 is 28.6 Å². The first-order valence-corrected chi connectivity index (χ1v) is 11.5. The summed E-state index contributed by atoms with van der Waals surface area (Å²) in [6.07, 6.45) is 3.39. The Morgan fingerprint density at radius 1 is 1.30 bits per heavy atom. The lowest BCUT2D eigenvalue weighted by Gasteiger charge is -2.29. The van der Waals surface area contributed by atoms with Gasteiger partial charge in [0.25, 0.3) is 0 Å². The van der Waals surface area contributed by atoms with E-state index < -0.39 is 12.0 Å². The first-order valence-electron chi connectivity index (χ1n) is 11.5. The van der Waals surface area contributed by atoms with Crippen molar-refractivity contribution in [1.82, 2.24) is 10.3 Å². The highest BCUT2D eigenvalue weighted by Crippen LogP contribution is 2.30. The van der Waals surface area contributed by atoms with Crippen molar-refractivity contribution in [3.8, 4) is 17.2 Å². The number of rotatable bonds is 10. The molecule has 1 saturated carbocycles. The molecule has 0 bridgehead atoms. The molecule has 2 aromatic rings. The van der Waals surface area contributed by atoms with E-state index in [1.54, 1.807) is 21.0 Å². The molecule has 1 amide bonds. The summed E-state index contributed by atoms with van der Waals surface area (Å²) in [7, 11) is 1.62. The number of aromatic nitrogens is 1. The quantitative estimate of drug-likeness (QED) is 0.549. The summed E-state index contributed by atoms with van der Waals surface area (Å²) in [6.45, 7) is 6.31. The lowest BCUT2D eigenvalue weighted by Crippen LogP contribution is -2.47. The van der Waals surface area contributed by atoms with E-state index in [0.29, 0.717) is 31.3 Å². The molecule has 3 rings (SSSR count). The van der Waals surface area contributed by atoms with E-state index in [2.05, 4.69) is 10.3 Å². The largest absolute Gasteiger partial charge is 0.497 e. The first kappa shape index (κ1) is 24.8. The molecule has 2 unspecified atom stereocenters. The van der Waals surface area contributed by atoms with Gasteiger partial charge in [-0.2, -0.15) is 0 Å². The van der Waals surface area contributed by atoms with Gasteiger partial charge >= 0.3 is 5.97 Å². The second-order valence-corrected chi connectivity index (χ2v) is 9.07. The third-order valence-corrected chi connectivity index (χ3v) is 6.19. The van der Waals surface area contributed by atoms with E-state index >= 15 is 0 Å². The summed E-state index contributed by atoms with van der Waals surface area (Å²) in [6, 6.07) is 6.69. The van der Waals surface area contributed by atoms with E-state index in [0.717, 1.165) is 36.3 Å². The topological polar surface area (TPSA) is 111 Å². The maximum atomic E-state index is 12.6. The molecule has 0 saturated heterocycles. The fourth-order valence-electron chi connectivity index (χ4n) is 4.23. The average molecular weight is 459 g/mol. The lowest BCUT2D eigenvalue weighted by atomic mass is 9.81. The molecule has 1 aromatic carbocycles. The number of benzene rings is 1. The Bertz CT molecular complexity index is 954. The van der Waals surface area contributed by atoms with Crippen LogP contribution in [0.1, 0.15) is 51.0 Å². The second-order valence-electron chi connectivity index (χ2n) is 9.07. The molecule has 1 fully saturated rings. The predicted molar refractivity (Wildman–Crippen MR) is 123 cm³/mol. The van der Waals surface area contributed by atoms with Crippen molar-refractivity contribution in [2.75, 3.05) is 13.7 Å². The van der Waals surface area contributed by atoms with E-state index in [1.165, 1.54) is 0 Å². The first-order chi connectivity index (χ1) is 15.8. The van der Waals surface area contributed by atoms with Crippen molar-refractivity contribution in [1.29, 1.82) is 0 Å². The summed E-state index contributed by atoms with van der Waals surface area (Å²) in [4.78, 5) is 28.6. The van der Waals surface area contributed by atoms with Gasteiger partial charge in [-0.3, -0.25) is 4.79 Å². The average Bonchev–Trinajstić information content (AvgIpc) is 3.17. The summed E-state index contributed by atoms with van der Waals surface area (Å²) in [5.74, 6) is 0.714. The highest BCUT2D eigenvalue weighted by atomic mass is 16.5. The molecule has 8 nitrogen and oxygen atoms in total. The molecule has 1 heterocycles. The molecule has 1 aliphatic carbocycles. The molecule has 0 aliphatic heterocycles. The number of ether oxygens (including phenoxy) is 2. The zero-order chi connectivity index (χ0) is 24.0. The van der Waals surface area contributed by atoms with Crippen LogP contribution in [0.4, 0.5) is 0 Å². The number of amides is 1. The van der Waals surface area contributed by atoms with Crippen LogP contribution in [0.3, 0.4) is 0 Å². The van der Waals surface area contributed by atoms with Crippen LogP contribution in [0, 0.1) is 24.7 Å². The van der Waals surface area contributed by atoms with Crippen LogP contribution in [0.2, 0.25) is 0 Å². The van der Waals surface area contributed by atoms with Gasteiger partial charge in [-0.15, -0.1) is 0 Å². The van der Waals surface area contributed by atoms with Gasteiger partial charge in [0.1, 0.15) is 23.2 Å². The van der Waals surface area contributed by atoms with Gasteiger partial charge in [-0.1, -0.05) is 26.3 Å². The lowest BCUT2D eigenvalue weighted by molar-refractivity contribution is -0.144. The van der Waals surface area contributed by atoms with Gasteiger partial charge < -0.3 is 24.3 Å². The number of oxazole rings is 1. The fourth-order valence-corrected chi connectivity index (χ4v) is 4.23. The van der Waals surface area contributed by atoms with E-state index in [-0.39, 0.29) is 23.7 Å². The Hall–Kier alpha value is -2.87. The Morgan fingerprint density at radius 3 is 2.79 bits per heavy atom. The molecule has 0 spiro atoms. The van der Waals surface area contributed by atoms with Crippen LogP contribution < -0.4 is 10.1 Å². The standard InChI is InChI=1S/C25H34N2O6/c1-15(2)22(25(29)30)27-23(28)18-8-5-7-17(11-18)13-32-14-21-16(3)33-24(26-21)19-9-6-10-20(12-19)31-4/h6,9-10,12,15,17-18,22H,5,7-8,11,13-14H2,1-4H3,(H,27,28)(H,29,30)/t17?,18?,22-/m0/s1. The van der Waals surface area contributed by atoms with E-state index in [4.69, 9.17) is 13.9 Å². The number of hydrogen-bond donors (Lipinski definition) is 2. The SMILES string of the molecule is COc1cccc(-c2nc(COCC3CCCC(C(=O)N[C@H](C(=O)O)C(C)C)C3)c(C)o2)c1. The number of aryl methyl sites for hydroxylation is 1. The van der Waals surface area contributed by atoms with E-state index in [9.17, 15) is 14.7 Å². The van der Waals surface area contributed by atoms with Gasteiger partial charge in [-0.25, -0.2) is 9.78 Å². The van der Waals surface area contributed by atoms with Gasteiger partial charge in [0, 0.05) is 18.1 Å². The molecule has 1 aliphatic rings. The number of hydrogen-bond acceptors (Lipinski definition) is 6. The number of methoxy groups -OCH3 is 1. The highest BCUT2D eigenvalue weighted by Gasteiger charge is 2.31. The van der Waals surface area contributed by atoms with Gasteiger partial charge in [0.2, 0.25) is 11.8 Å². The van der Waals surface area contributed by atoms with Crippen molar-refractivity contribution in [2.24, 2.45) is 17.8 Å². The Morgan fingerprint density at radius 2 is 2.09 bits per heavy atom. The molecule has 2 N–H and O–H groups in total. The molecular weight excluding hydrogens is 424 g/mol. The maximum Gasteiger partial charge on any atom is 0.326 e. The zero-order valence-electron chi connectivity index (χ0n) is 19.8. The van der Waals surface area contributed by atoms with Crippen molar-refractivity contribution >= 4 is 11.9 Å². The maximum absolute atomic E-state index is 12.6. The number of aliphatic carboxylic acids is 1. The Balaban J connectivity index is 1.52. The van der Waals surface area contributed by atoms with Crippen molar-refractivity contribution in [2.45, 2.75) is 59.1 Å². The van der Waals surface area contributed by atoms with Crippen LogP contribution >= 0.6 is 0 Å². The van der Waals surface area contributed by atoms with Crippen molar-refractivity contribution in [3.63, 3.8) is 0 Å². The van der Waals surface area contributed by atoms with Gasteiger partial charge in [-0.05, 0) is 56.2 Å². The highest BCUT2D eigenvalue weighted by molar-refractivity contribution is 5.85. The molecular formula is C25H34N2O6. The number of carbonyl (C=O) groups is 2. The van der Waals surface area contributed by atoms with Gasteiger partial charge in [0.15, 0.2) is 0 Å². The van der Waals surface area contributed by atoms with Crippen LogP contribution in [0.15, 0.2) is 28.7 Å². The third kappa shape index (κ3) is 6.57. The molecule has 8 heteroatoms. The van der Waals surface area contributed by atoms with E-state index in [1.807, 2.05) is 31.2 Å². The summed E-state index contributed by atoms with van der Waals surface area (Å²) in [5.41, 5.74) is 1.59. The fraction of sp³-hybridized carbons (Fsp3) is 0.560. The van der Waals surface area contributed by atoms with Gasteiger partial charge in [0.05, 0.1) is 13.7 Å². The Labute approximate surface area is 194 Å². The Kier molecular flexibility index (Phi) is 8.49. The molecule has 33 heavy (non-hydrogen) atoms. The van der Waals surface area contributed by atoms with Crippen LogP contribution in [0.5, 0.6) is 5.75 Å². The minimum Gasteiger partial charge on any atom is -0.497 e. The predicted octanol–water partition coefficient (Wildman–Crippen LogP) is 4.21. The van der Waals surface area contributed by atoms with Crippen LogP contribution in [-0.2, 0) is 20.9 Å². The summed E-state index contributed by atoms with van der Waals surface area (Å²) < 4.78 is 17.0. The molecule has 0 radical (unpaired) electrons. The minimum absolute atomic E-state index is 0.165. The molecule has 3 atom stereocenters. The molecule has 180 valence electrons.